The molecule has 0 bridgehead atoms. The largest absolute Gasteiger partial charge is 0.378 e. The van der Waals surface area contributed by atoms with Crippen molar-refractivity contribution in [3.8, 4) is 0 Å². The van der Waals surface area contributed by atoms with Crippen molar-refractivity contribution in [1.82, 2.24) is 0 Å². The Morgan fingerprint density at radius 3 is 2.21 bits per heavy atom. The lowest BCUT2D eigenvalue weighted by Gasteiger charge is -2.15. The lowest BCUT2D eigenvalue weighted by molar-refractivity contribution is 0.0578. The summed E-state index contributed by atoms with van der Waals surface area (Å²) in [7, 11) is 0. The summed E-state index contributed by atoms with van der Waals surface area (Å²) in [6, 6.07) is 0. The molecule has 0 amide bonds. The van der Waals surface area contributed by atoms with E-state index in [1.54, 1.807) is 0 Å². The lowest BCUT2D eigenvalue weighted by atomic mass is 10.1. The van der Waals surface area contributed by atoms with E-state index in [4.69, 9.17) is 4.74 Å². The van der Waals surface area contributed by atoms with Crippen LogP contribution in [0.25, 0.3) is 0 Å². The molecule has 85 valence electrons. The van der Waals surface area contributed by atoms with E-state index in [1.807, 2.05) is 0 Å². The zero-order valence-electron chi connectivity index (χ0n) is 10.1. The van der Waals surface area contributed by atoms with Crippen molar-refractivity contribution in [3.05, 3.63) is 6.92 Å². The van der Waals surface area contributed by atoms with Crippen LogP contribution in [0.4, 0.5) is 0 Å². The van der Waals surface area contributed by atoms with Gasteiger partial charge in [-0.3, -0.25) is 0 Å². The van der Waals surface area contributed by atoms with E-state index in [0.29, 0.717) is 12.7 Å². The summed E-state index contributed by atoms with van der Waals surface area (Å²) in [5, 5.41) is 0. The molecule has 0 aliphatic carbocycles. The second kappa shape index (κ2) is 11.0. The molecule has 0 aliphatic rings. The van der Waals surface area contributed by atoms with Gasteiger partial charge in [0.05, 0.1) is 6.10 Å². The van der Waals surface area contributed by atoms with E-state index in [-0.39, 0.29) is 0 Å². The van der Waals surface area contributed by atoms with E-state index < -0.39 is 0 Å². The molecule has 1 heteroatoms. The minimum absolute atomic E-state index is 0.471. The normalized spacial score (nSPS) is 13.1. The fourth-order valence-corrected chi connectivity index (χ4v) is 1.78. The highest BCUT2D eigenvalue weighted by Crippen LogP contribution is 2.13. The molecule has 0 spiro atoms. The predicted octanol–water partition coefficient (Wildman–Crippen LogP) is 4.37. The predicted molar refractivity (Wildman–Crippen MR) is 63.4 cm³/mol. The second-order valence-corrected chi connectivity index (χ2v) is 3.98. The molecule has 1 nitrogen and oxygen atoms in total. The molecular formula is C13H27O. The number of ether oxygens (including phenoxy) is 1. The van der Waals surface area contributed by atoms with Crippen molar-refractivity contribution in [2.45, 2.75) is 71.3 Å². The van der Waals surface area contributed by atoms with Crippen LogP contribution in [-0.4, -0.2) is 12.7 Å². The van der Waals surface area contributed by atoms with Gasteiger partial charge in [-0.15, -0.1) is 0 Å². The molecule has 0 aromatic rings. The Kier molecular flexibility index (Phi) is 11.0. The Labute approximate surface area is 90.2 Å². The molecule has 1 atom stereocenters. The van der Waals surface area contributed by atoms with Crippen LogP contribution in [0.2, 0.25) is 0 Å². The maximum absolute atomic E-state index is 5.58. The van der Waals surface area contributed by atoms with Crippen LogP contribution in [0.3, 0.4) is 0 Å². The summed E-state index contributed by atoms with van der Waals surface area (Å²) in [5.74, 6) is 0. The zero-order valence-corrected chi connectivity index (χ0v) is 10.1. The third-order valence-electron chi connectivity index (χ3n) is 2.59. The molecule has 0 saturated carbocycles. The third-order valence-corrected chi connectivity index (χ3v) is 2.59. The van der Waals surface area contributed by atoms with Crippen LogP contribution >= 0.6 is 0 Å². The van der Waals surface area contributed by atoms with Crippen LogP contribution in [-0.2, 0) is 4.74 Å². The Hall–Kier alpha value is -0.0400. The van der Waals surface area contributed by atoms with Crippen LogP contribution in [0, 0.1) is 6.92 Å². The molecule has 0 heterocycles. The molecule has 0 aromatic heterocycles. The first-order chi connectivity index (χ1) is 6.85. The first-order valence-corrected chi connectivity index (χ1v) is 6.26. The number of rotatable bonds is 10. The van der Waals surface area contributed by atoms with Gasteiger partial charge < -0.3 is 4.74 Å². The van der Waals surface area contributed by atoms with Gasteiger partial charge in [0.1, 0.15) is 0 Å². The Morgan fingerprint density at radius 1 is 0.929 bits per heavy atom. The molecule has 1 radical (unpaired) electrons. The molecule has 0 saturated heterocycles. The van der Waals surface area contributed by atoms with Gasteiger partial charge in [0, 0.05) is 6.61 Å². The van der Waals surface area contributed by atoms with Crippen LogP contribution < -0.4 is 0 Å². The summed E-state index contributed by atoms with van der Waals surface area (Å²) < 4.78 is 5.58. The van der Waals surface area contributed by atoms with Crippen molar-refractivity contribution in [3.63, 3.8) is 0 Å². The first kappa shape index (κ1) is 14.0. The molecule has 14 heavy (non-hydrogen) atoms. The van der Waals surface area contributed by atoms with Crippen molar-refractivity contribution >= 4 is 0 Å². The summed E-state index contributed by atoms with van der Waals surface area (Å²) in [5.41, 5.74) is 0. The van der Waals surface area contributed by atoms with Gasteiger partial charge >= 0.3 is 0 Å². The number of hydrogen-bond acceptors (Lipinski definition) is 1. The summed E-state index contributed by atoms with van der Waals surface area (Å²) >= 11 is 0. The van der Waals surface area contributed by atoms with E-state index in [2.05, 4.69) is 20.8 Å². The molecular weight excluding hydrogens is 172 g/mol. The fourth-order valence-electron chi connectivity index (χ4n) is 1.78. The van der Waals surface area contributed by atoms with Gasteiger partial charge in [0.15, 0.2) is 0 Å². The lowest BCUT2D eigenvalue weighted by Crippen LogP contribution is -2.12. The van der Waals surface area contributed by atoms with Gasteiger partial charge in [0.2, 0.25) is 0 Å². The van der Waals surface area contributed by atoms with E-state index in [9.17, 15) is 0 Å². The van der Waals surface area contributed by atoms with Crippen molar-refractivity contribution < 1.29 is 4.74 Å². The standard InChI is InChI=1S/C13H27O/c1-4-7-8-9-10-12-13(11-5-2)14-6-3/h13H,3-12H2,1-2H3. The zero-order chi connectivity index (χ0) is 10.6. The molecule has 0 rings (SSSR count). The highest BCUT2D eigenvalue weighted by atomic mass is 16.5. The average molecular weight is 199 g/mol. The first-order valence-electron chi connectivity index (χ1n) is 6.26. The van der Waals surface area contributed by atoms with E-state index >= 15 is 0 Å². The highest BCUT2D eigenvalue weighted by molar-refractivity contribution is 4.58. The minimum atomic E-state index is 0.471. The van der Waals surface area contributed by atoms with Gasteiger partial charge in [-0.25, -0.2) is 0 Å². The maximum atomic E-state index is 5.58. The van der Waals surface area contributed by atoms with Gasteiger partial charge in [-0.2, -0.15) is 0 Å². The van der Waals surface area contributed by atoms with Crippen molar-refractivity contribution in [2.24, 2.45) is 0 Å². The molecule has 0 aromatic carbocycles. The van der Waals surface area contributed by atoms with Crippen molar-refractivity contribution in [1.29, 1.82) is 0 Å². The molecule has 0 fully saturated rings. The Bertz CT molecular complexity index is 95.4. The number of unbranched alkanes of at least 4 members (excludes halogenated alkanes) is 4. The maximum Gasteiger partial charge on any atom is 0.0575 e. The van der Waals surface area contributed by atoms with E-state index in [0.717, 1.165) is 0 Å². The summed E-state index contributed by atoms with van der Waals surface area (Å²) in [4.78, 5) is 0. The number of hydrogen-bond donors (Lipinski definition) is 0. The SMILES string of the molecule is [CH2]COC(CCC)CCCCCCC. The van der Waals surface area contributed by atoms with E-state index in [1.165, 1.54) is 51.4 Å². The molecule has 0 aliphatic heterocycles. The van der Waals surface area contributed by atoms with Crippen LogP contribution in [0.15, 0.2) is 0 Å². The van der Waals surface area contributed by atoms with Gasteiger partial charge in [-0.05, 0) is 19.8 Å². The average Bonchev–Trinajstić information content (AvgIpc) is 2.18. The summed E-state index contributed by atoms with van der Waals surface area (Å²) in [6.07, 6.45) is 10.9. The van der Waals surface area contributed by atoms with Gasteiger partial charge in [-0.1, -0.05) is 52.4 Å². The monoisotopic (exact) mass is 199 g/mol. The highest BCUT2D eigenvalue weighted by Gasteiger charge is 2.05. The third kappa shape index (κ3) is 8.55. The van der Waals surface area contributed by atoms with Crippen LogP contribution in [0.1, 0.15) is 65.2 Å². The summed E-state index contributed by atoms with van der Waals surface area (Å²) in [6.45, 7) is 8.84. The molecule has 0 N–H and O–H groups in total. The van der Waals surface area contributed by atoms with Gasteiger partial charge in [0.25, 0.3) is 0 Å². The van der Waals surface area contributed by atoms with Crippen molar-refractivity contribution in [2.75, 3.05) is 6.61 Å². The topological polar surface area (TPSA) is 9.23 Å². The fraction of sp³-hybridized carbons (Fsp3) is 0.923. The Balaban J connectivity index is 3.30. The van der Waals surface area contributed by atoms with Crippen LogP contribution in [0.5, 0.6) is 0 Å². The second-order valence-electron chi connectivity index (χ2n) is 3.98. The Morgan fingerprint density at radius 2 is 1.64 bits per heavy atom. The smallest absolute Gasteiger partial charge is 0.0575 e. The molecule has 1 unspecified atom stereocenters. The quantitative estimate of drug-likeness (QED) is 0.475. The minimum Gasteiger partial charge on any atom is -0.378 e.